The van der Waals surface area contributed by atoms with Crippen molar-refractivity contribution < 1.29 is 17.6 Å². The summed E-state index contributed by atoms with van der Waals surface area (Å²) in [5.74, 6) is -0.113. The van der Waals surface area contributed by atoms with Gasteiger partial charge in [-0.1, -0.05) is 13.0 Å². The Labute approximate surface area is 169 Å². The molecular weight excluding hydrogens is 399 g/mol. The number of anilines is 1. The lowest BCUT2D eigenvalue weighted by Crippen LogP contribution is -2.37. The summed E-state index contributed by atoms with van der Waals surface area (Å²) in [5, 5.41) is 2.85. The summed E-state index contributed by atoms with van der Waals surface area (Å²) < 4.78 is 39.1. The maximum absolute atomic E-state index is 12.9. The SMILES string of the molecule is CCCS(=O)(=O)N1CCc2ccc(NC(=O)CSc3ccc(F)cc3)cc2C1. The van der Waals surface area contributed by atoms with Crippen LogP contribution in [0.5, 0.6) is 0 Å². The molecule has 3 rings (SSSR count). The molecule has 1 aliphatic rings. The number of carbonyl (C=O) groups excluding carboxylic acids is 1. The molecule has 8 heteroatoms. The fourth-order valence-electron chi connectivity index (χ4n) is 3.11. The first-order valence-electron chi connectivity index (χ1n) is 9.15. The van der Waals surface area contributed by atoms with Gasteiger partial charge in [-0.15, -0.1) is 11.8 Å². The molecule has 28 heavy (non-hydrogen) atoms. The zero-order valence-corrected chi connectivity index (χ0v) is 17.3. The molecule has 0 saturated carbocycles. The second-order valence-electron chi connectivity index (χ2n) is 6.67. The van der Waals surface area contributed by atoms with Crippen LogP contribution < -0.4 is 5.32 Å². The second-order valence-corrected chi connectivity index (χ2v) is 9.81. The number of fused-ring (bicyclic) bond motifs is 1. The van der Waals surface area contributed by atoms with E-state index in [1.54, 1.807) is 12.1 Å². The zero-order chi connectivity index (χ0) is 20.1. The number of hydrogen-bond donors (Lipinski definition) is 1. The lowest BCUT2D eigenvalue weighted by molar-refractivity contribution is -0.113. The van der Waals surface area contributed by atoms with Crippen molar-refractivity contribution in [1.82, 2.24) is 4.31 Å². The first kappa shape index (κ1) is 20.8. The molecule has 5 nitrogen and oxygen atoms in total. The van der Waals surface area contributed by atoms with Crippen LogP contribution in [0.2, 0.25) is 0 Å². The van der Waals surface area contributed by atoms with Gasteiger partial charge in [-0.2, -0.15) is 4.31 Å². The number of benzene rings is 2. The van der Waals surface area contributed by atoms with Crippen molar-refractivity contribution in [3.05, 3.63) is 59.4 Å². The molecule has 0 bridgehead atoms. The maximum Gasteiger partial charge on any atom is 0.234 e. The quantitative estimate of drug-likeness (QED) is 0.692. The molecule has 0 saturated heterocycles. The van der Waals surface area contributed by atoms with Crippen LogP contribution in [-0.2, 0) is 27.8 Å². The Kier molecular flexibility index (Phi) is 6.74. The Balaban J connectivity index is 1.61. The molecule has 2 aromatic rings. The van der Waals surface area contributed by atoms with Gasteiger partial charge in [-0.25, -0.2) is 12.8 Å². The van der Waals surface area contributed by atoms with Crippen LogP contribution in [0.25, 0.3) is 0 Å². The fourth-order valence-corrected chi connectivity index (χ4v) is 5.29. The average molecular weight is 423 g/mol. The summed E-state index contributed by atoms with van der Waals surface area (Å²) in [4.78, 5) is 13.0. The van der Waals surface area contributed by atoms with Gasteiger partial charge in [0.1, 0.15) is 5.82 Å². The fraction of sp³-hybridized carbons (Fsp3) is 0.350. The van der Waals surface area contributed by atoms with Crippen LogP contribution in [0.15, 0.2) is 47.4 Å². The highest BCUT2D eigenvalue weighted by Crippen LogP contribution is 2.25. The van der Waals surface area contributed by atoms with Gasteiger partial charge in [0.25, 0.3) is 0 Å². The van der Waals surface area contributed by atoms with Crippen LogP contribution in [0.1, 0.15) is 24.5 Å². The van der Waals surface area contributed by atoms with Gasteiger partial charge >= 0.3 is 0 Å². The van der Waals surface area contributed by atoms with Crippen LogP contribution in [-0.4, -0.2) is 36.7 Å². The molecule has 0 atom stereocenters. The molecule has 1 amide bonds. The molecule has 0 aromatic heterocycles. The van der Waals surface area contributed by atoms with Crippen LogP contribution in [0.4, 0.5) is 10.1 Å². The van der Waals surface area contributed by atoms with E-state index < -0.39 is 10.0 Å². The third kappa shape index (κ3) is 5.33. The van der Waals surface area contributed by atoms with Gasteiger partial charge < -0.3 is 5.32 Å². The van der Waals surface area contributed by atoms with Crippen molar-refractivity contribution in [3.63, 3.8) is 0 Å². The molecule has 1 heterocycles. The number of amides is 1. The van der Waals surface area contributed by atoms with Gasteiger partial charge in [0.2, 0.25) is 15.9 Å². The van der Waals surface area contributed by atoms with Gasteiger partial charge in [-0.05, 0) is 60.4 Å². The Bertz CT molecular complexity index is 946. The van der Waals surface area contributed by atoms with Crippen molar-refractivity contribution in [1.29, 1.82) is 0 Å². The van der Waals surface area contributed by atoms with E-state index in [0.717, 1.165) is 16.0 Å². The van der Waals surface area contributed by atoms with Crippen LogP contribution >= 0.6 is 11.8 Å². The van der Waals surface area contributed by atoms with Crippen molar-refractivity contribution in [2.24, 2.45) is 0 Å². The van der Waals surface area contributed by atoms with E-state index in [0.29, 0.717) is 31.6 Å². The summed E-state index contributed by atoms with van der Waals surface area (Å²) in [7, 11) is -3.24. The molecule has 0 radical (unpaired) electrons. The highest BCUT2D eigenvalue weighted by atomic mass is 32.2. The Hall–Kier alpha value is -1.90. The summed E-state index contributed by atoms with van der Waals surface area (Å²) in [6, 6.07) is 11.6. The number of carbonyl (C=O) groups is 1. The van der Waals surface area contributed by atoms with Gasteiger partial charge in [0.15, 0.2) is 0 Å². The maximum atomic E-state index is 12.9. The number of nitrogens with one attached hydrogen (secondary N) is 1. The van der Waals surface area contributed by atoms with Gasteiger partial charge in [0.05, 0.1) is 11.5 Å². The third-order valence-electron chi connectivity index (χ3n) is 4.51. The predicted molar refractivity (Wildman–Crippen MR) is 110 cm³/mol. The van der Waals surface area contributed by atoms with E-state index in [1.165, 1.54) is 28.2 Å². The number of sulfonamides is 1. The highest BCUT2D eigenvalue weighted by molar-refractivity contribution is 8.00. The van der Waals surface area contributed by atoms with Crippen molar-refractivity contribution in [3.8, 4) is 0 Å². The Morgan fingerprint density at radius 2 is 1.93 bits per heavy atom. The lowest BCUT2D eigenvalue weighted by Gasteiger charge is -2.28. The minimum absolute atomic E-state index is 0.152. The monoisotopic (exact) mass is 422 g/mol. The van der Waals surface area contributed by atoms with Crippen LogP contribution in [0.3, 0.4) is 0 Å². The molecular formula is C20H23FN2O3S2. The number of thioether (sulfide) groups is 1. The summed E-state index contributed by atoms with van der Waals surface area (Å²) in [5.41, 5.74) is 2.69. The second kappa shape index (κ2) is 9.07. The standard InChI is InChI=1S/C20H23FN2O3S2/c1-2-11-28(25,26)23-10-9-15-3-6-18(12-16(15)13-23)22-20(24)14-27-19-7-4-17(21)5-8-19/h3-8,12H,2,9-11,13-14H2,1H3,(H,22,24). The number of nitrogens with zero attached hydrogens (tertiary/aromatic N) is 1. The van der Waals surface area contributed by atoms with E-state index in [-0.39, 0.29) is 23.2 Å². The van der Waals surface area contributed by atoms with Crippen molar-refractivity contribution >= 4 is 33.4 Å². The minimum atomic E-state index is -3.24. The van der Waals surface area contributed by atoms with E-state index >= 15 is 0 Å². The largest absolute Gasteiger partial charge is 0.325 e. The topological polar surface area (TPSA) is 66.5 Å². The normalized spacial score (nSPS) is 14.5. The minimum Gasteiger partial charge on any atom is -0.325 e. The summed E-state index contributed by atoms with van der Waals surface area (Å²) in [6.45, 7) is 2.69. The summed E-state index contributed by atoms with van der Waals surface area (Å²) >= 11 is 1.33. The molecule has 0 unspecified atom stereocenters. The van der Waals surface area contributed by atoms with E-state index in [4.69, 9.17) is 0 Å². The molecule has 0 spiro atoms. The number of rotatable bonds is 7. The zero-order valence-electron chi connectivity index (χ0n) is 15.7. The Morgan fingerprint density at radius 1 is 1.18 bits per heavy atom. The molecule has 1 N–H and O–H groups in total. The molecule has 0 fully saturated rings. The van der Waals surface area contributed by atoms with Crippen molar-refractivity contribution in [2.45, 2.75) is 31.2 Å². The average Bonchev–Trinajstić information content (AvgIpc) is 2.67. The van der Waals surface area contributed by atoms with Crippen LogP contribution in [0, 0.1) is 5.82 Å². The molecule has 2 aromatic carbocycles. The van der Waals surface area contributed by atoms with E-state index in [1.807, 2.05) is 25.1 Å². The highest BCUT2D eigenvalue weighted by Gasteiger charge is 2.26. The van der Waals surface area contributed by atoms with E-state index in [9.17, 15) is 17.6 Å². The number of halogens is 1. The predicted octanol–water partition coefficient (Wildman–Crippen LogP) is 3.65. The Morgan fingerprint density at radius 3 is 2.64 bits per heavy atom. The lowest BCUT2D eigenvalue weighted by atomic mass is 10.0. The molecule has 1 aliphatic heterocycles. The smallest absolute Gasteiger partial charge is 0.234 e. The first-order chi connectivity index (χ1) is 13.4. The third-order valence-corrected chi connectivity index (χ3v) is 7.54. The van der Waals surface area contributed by atoms with E-state index in [2.05, 4.69) is 5.32 Å². The van der Waals surface area contributed by atoms with Gasteiger partial charge in [0, 0.05) is 23.7 Å². The molecule has 150 valence electrons. The summed E-state index contributed by atoms with van der Waals surface area (Å²) in [6.07, 6.45) is 1.26. The number of hydrogen-bond acceptors (Lipinski definition) is 4. The first-order valence-corrected chi connectivity index (χ1v) is 11.7. The van der Waals surface area contributed by atoms with Crippen molar-refractivity contribution in [2.75, 3.05) is 23.4 Å². The van der Waals surface area contributed by atoms with Gasteiger partial charge in [-0.3, -0.25) is 4.79 Å². The molecule has 0 aliphatic carbocycles.